The van der Waals surface area contributed by atoms with E-state index in [0.717, 1.165) is 16.7 Å². The molecule has 4 unspecified atom stereocenters. The Morgan fingerprint density at radius 1 is 0.881 bits per heavy atom. The van der Waals surface area contributed by atoms with Crippen LogP contribution in [0.1, 0.15) is 28.7 Å². The maximum Gasteiger partial charge on any atom is 0.321 e. The van der Waals surface area contributed by atoms with Gasteiger partial charge in [-0.15, -0.1) is 0 Å². The molecule has 0 radical (unpaired) electrons. The molecule has 3 amide bonds. The number of benzene rings is 3. The summed E-state index contributed by atoms with van der Waals surface area (Å²) in [4.78, 5) is 45.6. The van der Waals surface area contributed by atoms with E-state index in [1.165, 1.54) is 7.11 Å². The van der Waals surface area contributed by atoms with E-state index in [4.69, 9.17) is 18.9 Å². The quantitative estimate of drug-likeness (QED) is 0.452. The Balaban J connectivity index is 1.43. The maximum absolute atomic E-state index is 14.4. The third-order valence-electron chi connectivity index (χ3n) is 8.14. The van der Waals surface area contributed by atoms with Crippen molar-refractivity contribution in [3.8, 4) is 11.5 Å². The number of rotatable bonds is 6. The van der Waals surface area contributed by atoms with Crippen LogP contribution in [0.2, 0.25) is 0 Å². The molecule has 3 aromatic rings. The van der Waals surface area contributed by atoms with E-state index in [0.29, 0.717) is 37.8 Å². The van der Waals surface area contributed by atoms with E-state index in [9.17, 15) is 14.4 Å². The van der Waals surface area contributed by atoms with Gasteiger partial charge in [0.2, 0.25) is 12.7 Å². The van der Waals surface area contributed by atoms with Crippen molar-refractivity contribution < 1.29 is 33.3 Å². The topological polar surface area (TPSA) is 107 Å². The minimum absolute atomic E-state index is 0.153. The molecular formula is C32H33N3O7. The van der Waals surface area contributed by atoms with E-state index in [-0.39, 0.29) is 25.3 Å². The average molecular weight is 572 g/mol. The normalized spacial score (nSPS) is 23.0. The SMILES string of the molecule is COC(=O)C1C(c2ccccc2)C(C(=O)NCc2ccc3c(c2)OCO3)N(C(=O)N2CCOCC2)C1c1ccccc1. The number of fused-ring (bicyclic) bond motifs is 1. The zero-order chi connectivity index (χ0) is 29.1. The van der Waals surface area contributed by atoms with Gasteiger partial charge in [-0.3, -0.25) is 9.59 Å². The molecule has 4 atom stereocenters. The Bertz CT molecular complexity index is 1430. The van der Waals surface area contributed by atoms with Crippen molar-refractivity contribution in [3.05, 3.63) is 95.6 Å². The van der Waals surface area contributed by atoms with Gasteiger partial charge in [-0.2, -0.15) is 0 Å². The molecule has 0 saturated carbocycles. The average Bonchev–Trinajstić information content (AvgIpc) is 3.67. The fourth-order valence-electron chi connectivity index (χ4n) is 6.20. The molecule has 2 saturated heterocycles. The number of esters is 1. The first-order valence-electron chi connectivity index (χ1n) is 14.1. The van der Waals surface area contributed by atoms with Crippen LogP contribution < -0.4 is 14.8 Å². The number of hydrogen-bond acceptors (Lipinski definition) is 7. The summed E-state index contributed by atoms with van der Waals surface area (Å²) in [6.45, 7) is 1.94. The minimum atomic E-state index is -0.994. The molecule has 3 aromatic carbocycles. The molecule has 6 rings (SSSR count). The Kier molecular flexibility index (Phi) is 7.96. The summed E-state index contributed by atoms with van der Waals surface area (Å²) in [7, 11) is 1.34. The summed E-state index contributed by atoms with van der Waals surface area (Å²) in [5, 5.41) is 3.04. The molecular weight excluding hydrogens is 538 g/mol. The number of amides is 3. The van der Waals surface area contributed by atoms with Crippen molar-refractivity contribution in [3.63, 3.8) is 0 Å². The first-order chi connectivity index (χ1) is 20.6. The van der Waals surface area contributed by atoms with Crippen molar-refractivity contribution in [2.45, 2.75) is 24.5 Å². The summed E-state index contributed by atoms with van der Waals surface area (Å²) in [5.74, 6) is -1.07. The van der Waals surface area contributed by atoms with Crippen molar-refractivity contribution in [2.24, 2.45) is 5.92 Å². The molecule has 3 aliphatic heterocycles. The van der Waals surface area contributed by atoms with E-state index in [1.807, 2.05) is 72.8 Å². The van der Waals surface area contributed by atoms with Gasteiger partial charge in [0.15, 0.2) is 11.5 Å². The highest BCUT2D eigenvalue weighted by atomic mass is 16.7. The highest BCUT2D eigenvalue weighted by Gasteiger charge is 2.58. The number of hydrogen-bond donors (Lipinski definition) is 1. The molecule has 0 spiro atoms. The number of ether oxygens (including phenoxy) is 4. The number of carbonyl (C=O) groups is 3. The summed E-state index contributed by atoms with van der Waals surface area (Å²) >= 11 is 0. The van der Waals surface area contributed by atoms with Crippen LogP contribution in [0, 0.1) is 5.92 Å². The second kappa shape index (κ2) is 12.1. The standard InChI is InChI=1S/C32H33N3O7/c1-39-31(37)27-26(22-8-4-2-5-9-22)29(30(36)33-19-21-12-13-24-25(18-21)42-20-41-24)35(28(27)23-10-6-3-7-11-23)32(38)34-14-16-40-17-15-34/h2-13,18,26-29H,14-17,19-20H2,1H3,(H,33,36). The number of carbonyl (C=O) groups excluding carboxylic acids is 3. The predicted octanol–water partition coefficient (Wildman–Crippen LogP) is 3.48. The third-order valence-corrected chi connectivity index (χ3v) is 8.14. The molecule has 2 fully saturated rings. The fraction of sp³-hybridized carbons (Fsp3) is 0.344. The van der Waals surface area contributed by atoms with Crippen molar-refractivity contribution >= 4 is 17.9 Å². The zero-order valence-electron chi connectivity index (χ0n) is 23.3. The highest BCUT2D eigenvalue weighted by molar-refractivity contribution is 5.92. The summed E-state index contributed by atoms with van der Waals surface area (Å²) in [6.07, 6.45) is 0. The lowest BCUT2D eigenvalue weighted by Gasteiger charge is -2.37. The van der Waals surface area contributed by atoms with Crippen LogP contribution in [0.15, 0.2) is 78.9 Å². The van der Waals surface area contributed by atoms with Crippen LogP contribution in [-0.2, 0) is 25.6 Å². The Hall–Kier alpha value is -4.57. The summed E-state index contributed by atoms with van der Waals surface area (Å²) < 4.78 is 21.7. The van der Waals surface area contributed by atoms with Crippen molar-refractivity contribution in [2.75, 3.05) is 40.2 Å². The number of morpholine rings is 1. The van der Waals surface area contributed by atoms with Gasteiger partial charge in [0.25, 0.3) is 0 Å². The number of nitrogens with one attached hydrogen (secondary N) is 1. The first kappa shape index (κ1) is 27.6. The first-order valence-corrected chi connectivity index (χ1v) is 14.1. The number of urea groups is 1. The van der Waals surface area contributed by atoms with Gasteiger partial charge >= 0.3 is 12.0 Å². The molecule has 218 valence electrons. The molecule has 0 bridgehead atoms. The lowest BCUT2D eigenvalue weighted by atomic mass is 9.80. The lowest BCUT2D eigenvalue weighted by Crippen LogP contribution is -2.54. The molecule has 1 N–H and O–H groups in total. The van der Waals surface area contributed by atoms with Gasteiger partial charge in [-0.25, -0.2) is 4.79 Å². The van der Waals surface area contributed by atoms with E-state index in [2.05, 4.69) is 5.32 Å². The van der Waals surface area contributed by atoms with Crippen LogP contribution in [0.3, 0.4) is 0 Å². The minimum Gasteiger partial charge on any atom is -0.469 e. The predicted molar refractivity (Wildman–Crippen MR) is 152 cm³/mol. The Morgan fingerprint density at radius 2 is 1.55 bits per heavy atom. The molecule has 10 nitrogen and oxygen atoms in total. The van der Waals surface area contributed by atoms with E-state index >= 15 is 0 Å². The second-order valence-corrected chi connectivity index (χ2v) is 10.5. The smallest absolute Gasteiger partial charge is 0.321 e. The van der Waals surface area contributed by atoms with Crippen LogP contribution >= 0.6 is 0 Å². The third kappa shape index (κ3) is 5.25. The largest absolute Gasteiger partial charge is 0.469 e. The molecule has 3 heterocycles. The van der Waals surface area contributed by atoms with Gasteiger partial charge < -0.3 is 34.1 Å². The molecule has 3 aliphatic rings. The Morgan fingerprint density at radius 3 is 2.24 bits per heavy atom. The van der Waals surface area contributed by atoms with Crippen LogP contribution in [-0.4, -0.2) is 74.0 Å². The Labute approximate surface area is 244 Å². The van der Waals surface area contributed by atoms with Gasteiger partial charge in [-0.1, -0.05) is 66.7 Å². The van der Waals surface area contributed by atoms with E-state index < -0.39 is 29.9 Å². The summed E-state index contributed by atoms with van der Waals surface area (Å²) in [5.41, 5.74) is 2.34. The zero-order valence-corrected chi connectivity index (χ0v) is 23.3. The number of likely N-dealkylation sites (tertiary alicyclic amines) is 1. The number of methoxy groups -OCH3 is 1. The number of nitrogens with zero attached hydrogens (tertiary/aromatic N) is 2. The summed E-state index contributed by atoms with van der Waals surface area (Å²) in [6, 6.07) is 22.2. The van der Waals surface area contributed by atoms with Gasteiger partial charge in [0, 0.05) is 25.6 Å². The fourth-order valence-corrected chi connectivity index (χ4v) is 6.20. The van der Waals surface area contributed by atoms with Crippen molar-refractivity contribution in [1.82, 2.24) is 15.1 Å². The molecule has 0 aliphatic carbocycles. The van der Waals surface area contributed by atoms with Crippen LogP contribution in [0.25, 0.3) is 0 Å². The van der Waals surface area contributed by atoms with Gasteiger partial charge in [-0.05, 0) is 28.8 Å². The van der Waals surface area contributed by atoms with Gasteiger partial charge in [0.05, 0.1) is 32.3 Å². The highest BCUT2D eigenvalue weighted by Crippen LogP contribution is 2.51. The van der Waals surface area contributed by atoms with Crippen LogP contribution in [0.5, 0.6) is 11.5 Å². The molecule has 10 heteroatoms. The van der Waals surface area contributed by atoms with E-state index in [1.54, 1.807) is 15.9 Å². The molecule has 0 aromatic heterocycles. The lowest BCUT2D eigenvalue weighted by molar-refractivity contribution is -0.146. The second-order valence-electron chi connectivity index (χ2n) is 10.5. The van der Waals surface area contributed by atoms with Crippen LogP contribution in [0.4, 0.5) is 4.79 Å². The van der Waals surface area contributed by atoms with Crippen molar-refractivity contribution in [1.29, 1.82) is 0 Å². The molecule has 42 heavy (non-hydrogen) atoms. The monoisotopic (exact) mass is 571 g/mol. The maximum atomic E-state index is 14.4. The van der Waals surface area contributed by atoms with Gasteiger partial charge in [0.1, 0.15) is 6.04 Å².